The zero-order valence-electron chi connectivity index (χ0n) is 11.8. The maximum Gasteiger partial charge on any atom is 0.253 e. The average Bonchev–Trinajstić information content (AvgIpc) is 2.47. The quantitative estimate of drug-likeness (QED) is 0.852. The van der Waals surface area contributed by atoms with Gasteiger partial charge in [0, 0.05) is 31.9 Å². The van der Waals surface area contributed by atoms with Gasteiger partial charge in [-0.15, -0.1) is 0 Å². The lowest BCUT2D eigenvalue weighted by molar-refractivity contribution is 0.188. The largest absolute Gasteiger partial charge is 0.494 e. The van der Waals surface area contributed by atoms with Crippen molar-refractivity contribution in [1.29, 1.82) is 0 Å². The van der Waals surface area contributed by atoms with Crippen molar-refractivity contribution in [3.05, 3.63) is 52.3 Å². The lowest BCUT2D eigenvalue weighted by atomic mass is 10.0. The van der Waals surface area contributed by atoms with E-state index in [1.54, 1.807) is 13.2 Å². The van der Waals surface area contributed by atoms with Gasteiger partial charge in [-0.25, -0.2) is 0 Å². The minimum absolute atomic E-state index is 0.0347. The van der Waals surface area contributed by atoms with Crippen LogP contribution in [-0.2, 0) is 11.3 Å². The Morgan fingerprint density at radius 1 is 1.25 bits per heavy atom. The normalized spacial score (nSPS) is 10.7. The number of methoxy groups -OCH3 is 1. The van der Waals surface area contributed by atoms with Crippen LogP contribution >= 0.6 is 0 Å². The Kier molecular flexibility index (Phi) is 4.58. The summed E-state index contributed by atoms with van der Waals surface area (Å²) in [7, 11) is 1.62. The van der Waals surface area contributed by atoms with Crippen LogP contribution in [0, 0.1) is 6.92 Å². The molecule has 0 unspecified atom stereocenters. The Hall–Kier alpha value is -2.07. The van der Waals surface area contributed by atoms with Crippen molar-refractivity contribution >= 4 is 0 Å². The summed E-state index contributed by atoms with van der Waals surface area (Å²) in [6.07, 6.45) is 0.689. The van der Waals surface area contributed by atoms with E-state index in [0.717, 1.165) is 11.1 Å². The average molecular weight is 273 g/mol. The third-order valence-corrected chi connectivity index (χ3v) is 3.34. The molecule has 1 aromatic carbocycles. The van der Waals surface area contributed by atoms with Gasteiger partial charge in [-0.05, 0) is 24.5 Å². The summed E-state index contributed by atoms with van der Waals surface area (Å²) in [6.45, 7) is 2.84. The van der Waals surface area contributed by atoms with Crippen LogP contribution < -0.4 is 5.56 Å². The predicted molar refractivity (Wildman–Crippen MR) is 79.0 cm³/mol. The summed E-state index contributed by atoms with van der Waals surface area (Å²) in [4.78, 5) is 12.1. The predicted octanol–water partition coefficient (Wildman–Crippen LogP) is 2.57. The van der Waals surface area contributed by atoms with E-state index in [-0.39, 0.29) is 11.4 Å². The van der Waals surface area contributed by atoms with Crippen molar-refractivity contribution in [2.24, 2.45) is 0 Å². The van der Waals surface area contributed by atoms with E-state index in [2.05, 4.69) is 0 Å². The highest BCUT2D eigenvalue weighted by atomic mass is 16.5. The first kappa shape index (κ1) is 14.3. The molecule has 4 heteroatoms. The number of pyridine rings is 1. The van der Waals surface area contributed by atoms with Crippen LogP contribution in [0.15, 0.2) is 41.2 Å². The van der Waals surface area contributed by atoms with Crippen molar-refractivity contribution in [3.63, 3.8) is 0 Å². The lowest BCUT2D eigenvalue weighted by Gasteiger charge is -2.14. The Labute approximate surface area is 118 Å². The van der Waals surface area contributed by atoms with Gasteiger partial charge in [0.1, 0.15) is 0 Å². The van der Waals surface area contributed by atoms with E-state index in [1.807, 2.05) is 37.3 Å². The molecule has 0 atom stereocenters. The minimum Gasteiger partial charge on any atom is -0.494 e. The zero-order valence-corrected chi connectivity index (χ0v) is 11.8. The summed E-state index contributed by atoms with van der Waals surface area (Å²) in [5, 5.41) is 10.2. The maximum atomic E-state index is 12.1. The number of nitrogens with zero attached hydrogens (tertiary/aromatic N) is 1. The van der Waals surface area contributed by atoms with Crippen molar-refractivity contribution in [1.82, 2.24) is 4.57 Å². The van der Waals surface area contributed by atoms with Gasteiger partial charge in [0.05, 0.1) is 0 Å². The smallest absolute Gasteiger partial charge is 0.253 e. The van der Waals surface area contributed by atoms with Gasteiger partial charge in [-0.1, -0.05) is 30.3 Å². The number of rotatable bonds is 5. The first-order valence-electron chi connectivity index (χ1n) is 6.63. The van der Waals surface area contributed by atoms with Crippen LogP contribution in [0.4, 0.5) is 0 Å². The molecule has 0 saturated heterocycles. The fourth-order valence-electron chi connectivity index (χ4n) is 2.24. The van der Waals surface area contributed by atoms with Gasteiger partial charge in [0.25, 0.3) is 5.56 Å². The number of hydrogen-bond acceptors (Lipinski definition) is 3. The molecule has 20 heavy (non-hydrogen) atoms. The number of ether oxygens (including phenoxy) is 1. The SMILES string of the molecule is COCCCn1c(O)c(C)c(-c2ccccc2)cc1=O. The Morgan fingerprint density at radius 2 is 1.95 bits per heavy atom. The third kappa shape index (κ3) is 2.91. The Bertz CT molecular complexity index is 632. The molecule has 0 spiro atoms. The molecular formula is C16H19NO3. The second-order valence-electron chi connectivity index (χ2n) is 4.71. The molecule has 2 rings (SSSR count). The minimum atomic E-state index is -0.192. The molecule has 2 aromatic rings. The van der Waals surface area contributed by atoms with Crippen LogP contribution in [0.3, 0.4) is 0 Å². The number of benzene rings is 1. The van der Waals surface area contributed by atoms with Crippen LogP contribution in [-0.4, -0.2) is 23.4 Å². The fourth-order valence-corrected chi connectivity index (χ4v) is 2.24. The van der Waals surface area contributed by atoms with Gasteiger partial charge in [0.15, 0.2) is 5.88 Å². The van der Waals surface area contributed by atoms with Crippen molar-refractivity contribution in [2.75, 3.05) is 13.7 Å². The molecule has 0 fully saturated rings. The van der Waals surface area contributed by atoms with Crippen LogP contribution in [0.1, 0.15) is 12.0 Å². The van der Waals surface area contributed by atoms with E-state index in [0.29, 0.717) is 25.1 Å². The first-order chi connectivity index (χ1) is 9.65. The molecule has 0 saturated carbocycles. The van der Waals surface area contributed by atoms with E-state index in [9.17, 15) is 9.90 Å². The summed E-state index contributed by atoms with van der Waals surface area (Å²) >= 11 is 0. The Morgan fingerprint density at radius 3 is 2.60 bits per heavy atom. The zero-order chi connectivity index (χ0) is 14.5. The summed E-state index contributed by atoms with van der Waals surface area (Å²) in [5.74, 6) is 0.0347. The van der Waals surface area contributed by atoms with E-state index in [4.69, 9.17) is 4.74 Å². The lowest BCUT2D eigenvalue weighted by Crippen LogP contribution is -2.21. The molecule has 1 N–H and O–H groups in total. The Balaban J connectivity index is 2.42. The molecule has 0 aliphatic carbocycles. The second-order valence-corrected chi connectivity index (χ2v) is 4.71. The number of aromatic hydroxyl groups is 1. The van der Waals surface area contributed by atoms with Crippen molar-refractivity contribution in [2.45, 2.75) is 19.9 Å². The molecule has 0 radical (unpaired) electrons. The van der Waals surface area contributed by atoms with Crippen LogP contribution in [0.2, 0.25) is 0 Å². The van der Waals surface area contributed by atoms with Gasteiger partial charge >= 0.3 is 0 Å². The van der Waals surface area contributed by atoms with Crippen molar-refractivity contribution in [3.8, 4) is 17.0 Å². The molecule has 4 nitrogen and oxygen atoms in total. The second kappa shape index (κ2) is 6.39. The maximum absolute atomic E-state index is 12.1. The van der Waals surface area contributed by atoms with E-state index in [1.165, 1.54) is 4.57 Å². The first-order valence-corrected chi connectivity index (χ1v) is 6.63. The highest BCUT2D eigenvalue weighted by Gasteiger charge is 2.12. The molecule has 0 amide bonds. The topological polar surface area (TPSA) is 51.5 Å². The highest BCUT2D eigenvalue weighted by Crippen LogP contribution is 2.27. The van der Waals surface area contributed by atoms with Gasteiger partial charge in [-0.2, -0.15) is 0 Å². The summed E-state index contributed by atoms with van der Waals surface area (Å²) < 4.78 is 6.36. The van der Waals surface area contributed by atoms with E-state index < -0.39 is 0 Å². The number of hydrogen-bond donors (Lipinski definition) is 1. The highest BCUT2D eigenvalue weighted by molar-refractivity contribution is 5.68. The summed E-state index contributed by atoms with van der Waals surface area (Å²) in [5.41, 5.74) is 2.23. The van der Waals surface area contributed by atoms with Gasteiger partial charge in [-0.3, -0.25) is 9.36 Å². The van der Waals surface area contributed by atoms with Crippen LogP contribution in [0.5, 0.6) is 5.88 Å². The van der Waals surface area contributed by atoms with E-state index >= 15 is 0 Å². The molecule has 1 heterocycles. The van der Waals surface area contributed by atoms with Crippen molar-refractivity contribution < 1.29 is 9.84 Å². The third-order valence-electron chi connectivity index (χ3n) is 3.34. The summed E-state index contributed by atoms with van der Waals surface area (Å²) in [6, 6.07) is 11.2. The fraction of sp³-hybridized carbons (Fsp3) is 0.312. The molecule has 0 bridgehead atoms. The molecular weight excluding hydrogens is 254 g/mol. The molecule has 0 aliphatic heterocycles. The monoisotopic (exact) mass is 273 g/mol. The standard InChI is InChI=1S/C16H19NO3/c1-12-14(13-7-4-3-5-8-13)11-15(18)17(16(12)19)9-6-10-20-2/h3-5,7-8,11,19H,6,9-10H2,1-2H3. The molecule has 106 valence electrons. The number of aromatic nitrogens is 1. The molecule has 0 aliphatic rings. The molecule has 1 aromatic heterocycles. The van der Waals surface area contributed by atoms with Gasteiger partial charge in [0.2, 0.25) is 0 Å². The van der Waals surface area contributed by atoms with Crippen LogP contribution in [0.25, 0.3) is 11.1 Å². The van der Waals surface area contributed by atoms with Gasteiger partial charge < -0.3 is 9.84 Å².